The predicted octanol–water partition coefficient (Wildman–Crippen LogP) is 4.70. The summed E-state index contributed by atoms with van der Waals surface area (Å²) in [6.07, 6.45) is 0.677. The highest BCUT2D eigenvalue weighted by Crippen LogP contribution is 2.37. The van der Waals surface area contributed by atoms with Crippen molar-refractivity contribution >= 4 is 5.71 Å². The van der Waals surface area contributed by atoms with Gasteiger partial charge in [0.2, 0.25) is 0 Å². The number of benzene rings is 2. The molecule has 0 saturated heterocycles. The Morgan fingerprint density at radius 3 is 2.43 bits per heavy atom. The molecule has 1 heterocycles. The fourth-order valence-electron chi connectivity index (χ4n) is 3.45. The van der Waals surface area contributed by atoms with Gasteiger partial charge in [0.25, 0.3) is 0 Å². The minimum Gasteiger partial charge on any atom is -0.504 e. The molecule has 2 unspecified atom stereocenters. The van der Waals surface area contributed by atoms with Gasteiger partial charge in [-0.1, -0.05) is 26.0 Å². The van der Waals surface area contributed by atoms with E-state index in [1.54, 1.807) is 6.07 Å². The molecular formula is C23H30N2O3. The molecule has 1 aliphatic heterocycles. The van der Waals surface area contributed by atoms with Gasteiger partial charge in [-0.2, -0.15) is 0 Å². The second-order valence-corrected chi connectivity index (χ2v) is 7.27. The fraction of sp³-hybridized carbons (Fsp3) is 0.435. The number of ether oxygens (including phenoxy) is 2. The molecule has 0 amide bonds. The van der Waals surface area contributed by atoms with Gasteiger partial charge in [0.05, 0.1) is 13.2 Å². The van der Waals surface area contributed by atoms with Crippen LogP contribution in [-0.4, -0.2) is 30.2 Å². The molecule has 0 radical (unpaired) electrons. The van der Waals surface area contributed by atoms with Crippen molar-refractivity contribution in [2.75, 3.05) is 13.2 Å². The maximum Gasteiger partial charge on any atom is 0.162 e. The average molecular weight is 383 g/mol. The molecule has 0 aliphatic carbocycles. The van der Waals surface area contributed by atoms with E-state index >= 15 is 0 Å². The van der Waals surface area contributed by atoms with Crippen molar-refractivity contribution in [2.24, 2.45) is 10.9 Å². The zero-order valence-corrected chi connectivity index (χ0v) is 17.1. The number of para-hydroxylation sites is 1. The lowest BCUT2D eigenvalue weighted by Gasteiger charge is -2.32. The lowest BCUT2D eigenvalue weighted by atomic mass is 9.92. The summed E-state index contributed by atoms with van der Waals surface area (Å²) in [4.78, 5) is 4.94. The minimum atomic E-state index is -0.0353. The highest BCUT2D eigenvalue weighted by molar-refractivity contribution is 6.01. The first-order chi connectivity index (χ1) is 13.5. The normalized spacial score (nSPS) is 19.4. The van der Waals surface area contributed by atoms with Crippen LogP contribution in [0.5, 0.6) is 17.2 Å². The first-order valence-corrected chi connectivity index (χ1v) is 10.0. The summed E-state index contributed by atoms with van der Waals surface area (Å²) in [5.74, 6) is 1.92. The predicted molar refractivity (Wildman–Crippen MR) is 113 cm³/mol. The average Bonchev–Trinajstić information content (AvgIpc) is 2.70. The number of phenolic OH excluding ortho intramolecular Hbond substituents is 1. The van der Waals surface area contributed by atoms with Crippen molar-refractivity contribution in [1.82, 2.24) is 5.32 Å². The van der Waals surface area contributed by atoms with Crippen LogP contribution in [0.15, 0.2) is 47.5 Å². The lowest BCUT2D eigenvalue weighted by molar-refractivity contribution is 0.309. The highest BCUT2D eigenvalue weighted by atomic mass is 16.5. The number of aromatic hydroxyl groups is 1. The largest absolute Gasteiger partial charge is 0.504 e. The van der Waals surface area contributed by atoms with Gasteiger partial charge in [0.1, 0.15) is 11.9 Å². The number of nitrogens with one attached hydrogen (secondary N) is 1. The van der Waals surface area contributed by atoms with E-state index in [1.807, 2.05) is 38.1 Å². The Kier molecular flexibility index (Phi) is 6.57. The third kappa shape index (κ3) is 4.47. The standard InChI is InChI=1S/C23H30N2O3/c1-5-27-17-12-10-16(11-13-17)19-14-20(25-23(24-19)15(3)4)18-8-7-9-21(22(18)26)28-6-2/h7-13,15,20,23,25-26H,5-6,14H2,1-4H3. The molecule has 3 rings (SSSR count). The molecular weight excluding hydrogens is 352 g/mol. The van der Waals surface area contributed by atoms with E-state index < -0.39 is 0 Å². The fourth-order valence-corrected chi connectivity index (χ4v) is 3.45. The second kappa shape index (κ2) is 9.11. The second-order valence-electron chi connectivity index (χ2n) is 7.27. The molecule has 0 saturated carbocycles. The van der Waals surface area contributed by atoms with Gasteiger partial charge in [-0.25, -0.2) is 0 Å². The number of aliphatic imine (C=N–C) groups is 1. The van der Waals surface area contributed by atoms with Crippen molar-refractivity contribution in [3.05, 3.63) is 53.6 Å². The Morgan fingerprint density at radius 1 is 1.07 bits per heavy atom. The molecule has 2 N–H and O–H groups in total. The Hall–Kier alpha value is -2.53. The van der Waals surface area contributed by atoms with Crippen LogP contribution in [0.1, 0.15) is 51.3 Å². The third-order valence-electron chi connectivity index (χ3n) is 4.90. The Balaban J connectivity index is 1.91. The minimum absolute atomic E-state index is 0.0181. The summed E-state index contributed by atoms with van der Waals surface area (Å²) in [7, 11) is 0. The Bertz CT molecular complexity index is 815. The third-order valence-corrected chi connectivity index (χ3v) is 4.90. The lowest BCUT2D eigenvalue weighted by Crippen LogP contribution is -2.41. The topological polar surface area (TPSA) is 63.1 Å². The van der Waals surface area contributed by atoms with Crippen LogP contribution < -0.4 is 14.8 Å². The first-order valence-electron chi connectivity index (χ1n) is 10.0. The van der Waals surface area contributed by atoms with Crippen molar-refractivity contribution < 1.29 is 14.6 Å². The monoisotopic (exact) mass is 382 g/mol. The molecule has 0 bridgehead atoms. The van der Waals surface area contributed by atoms with Crippen LogP contribution in [0.4, 0.5) is 0 Å². The van der Waals surface area contributed by atoms with E-state index in [1.165, 1.54) is 0 Å². The smallest absolute Gasteiger partial charge is 0.162 e. The zero-order chi connectivity index (χ0) is 20.1. The maximum atomic E-state index is 10.7. The number of rotatable bonds is 7. The molecule has 5 heteroatoms. The van der Waals surface area contributed by atoms with Gasteiger partial charge < -0.3 is 14.6 Å². The number of hydrogen-bond donors (Lipinski definition) is 2. The summed E-state index contributed by atoms with van der Waals surface area (Å²) < 4.78 is 11.1. The first kappa shape index (κ1) is 20.2. The van der Waals surface area contributed by atoms with E-state index in [2.05, 4.69) is 31.3 Å². The summed E-state index contributed by atoms with van der Waals surface area (Å²) in [6.45, 7) is 9.35. The molecule has 28 heavy (non-hydrogen) atoms. The molecule has 2 aromatic carbocycles. The molecule has 0 spiro atoms. The summed E-state index contributed by atoms with van der Waals surface area (Å²) in [5, 5.41) is 14.3. The number of phenols is 1. The van der Waals surface area contributed by atoms with E-state index in [0.717, 1.165) is 22.6 Å². The van der Waals surface area contributed by atoms with Gasteiger partial charge in [0.15, 0.2) is 11.5 Å². The summed E-state index contributed by atoms with van der Waals surface area (Å²) in [6, 6.07) is 13.7. The van der Waals surface area contributed by atoms with Gasteiger partial charge in [-0.05, 0) is 55.7 Å². The van der Waals surface area contributed by atoms with Gasteiger partial charge in [0, 0.05) is 23.7 Å². The summed E-state index contributed by atoms with van der Waals surface area (Å²) >= 11 is 0. The quantitative estimate of drug-likeness (QED) is 0.729. The molecule has 5 nitrogen and oxygen atoms in total. The van der Waals surface area contributed by atoms with Gasteiger partial charge in [-0.15, -0.1) is 0 Å². The highest BCUT2D eigenvalue weighted by Gasteiger charge is 2.29. The molecule has 0 aromatic heterocycles. The molecule has 0 fully saturated rings. The maximum absolute atomic E-state index is 10.7. The Morgan fingerprint density at radius 2 is 1.79 bits per heavy atom. The van der Waals surface area contributed by atoms with Crippen molar-refractivity contribution in [2.45, 2.75) is 46.3 Å². The van der Waals surface area contributed by atoms with Crippen LogP contribution in [0.2, 0.25) is 0 Å². The number of hydrogen-bond acceptors (Lipinski definition) is 5. The Labute approximate surface area is 167 Å². The van der Waals surface area contributed by atoms with Gasteiger partial charge in [-0.3, -0.25) is 10.3 Å². The van der Waals surface area contributed by atoms with E-state index in [4.69, 9.17) is 14.5 Å². The molecule has 2 atom stereocenters. The van der Waals surface area contributed by atoms with Crippen molar-refractivity contribution in [3.63, 3.8) is 0 Å². The molecule has 2 aromatic rings. The van der Waals surface area contributed by atoms with Gasteiger partial charge >= 0.3 is 0 Å². The van der Waals surface area contributed by atoms with Crippen LogP contribution >= 0.6 is 0 Å². The zero-order valence-electron chi connectivity index (χ0n) is 17.1. The van der Waals surface area contributed by atoms with E-state index in [9.17, 15) is 5.11 Å². The van der Waals surface area contributed by atoms with E-state index in [0.29, 0.717) is 31.3 Å². The van der Waals surface area contributed by atoms with Crippen LogP contribution in [0.3, 0.4) is 0 Å². The SMILES string of the molecule is CCOc1ccc(C2=NC(C(C)C)NC(c3cccc(OCC)c3O)C2)cc1. The molecule has 1 aliphatic rings. The van der Waals surface area contributed by atoms with Crippen LogP contribution in [0, 0.1) is 5.92 Å². The van der Waals surface area contributed by atoms with Crippen LogP contribution in [0.25, 0.3) is 0 Å². The van der Waals surface area contributed by atoms with E-state index in [-0.39, 0.29) is 18.0 Å². The van der Waals surface area contributed by atoms with Crippen molar-refractivity contribution in [3.8, 4) is 17.2 Å². The summed E-state index contributed by atoms with van der Waals surface area (Å²) in [5.41, 5.74) is 2.96. The number of nitrogens with zero attached hydrogens (tertiary/aromatic N) is 1. The molecule has 150 valence electrons. The van der Waals surface area contributed by atoms with Crippen LogP contribution in [-0.2, 0) is 0 Å². The van der Waals surface area contributed by atoms with Crippen molar-refractivity contribution in [1.29, 1.82) is 0 Å².